The lowest BCUT2D eigenvalue weighted by Gasteiger charge is -2.31. The minimum atomic E-state index is 0.0335. The summed E-state index contributed by atoms with van der Waals surface area (Å²) in [6.45, 7) is 7.69. The number of carbonyl (C=O) groups excluding carboxylic acids is 1. The molecule has 23 heavy (non-hydrogen) atoms. The number of likely N-dealkylation sites (tertiary alicyclic amines) is 1. The maximum atomic E-state index is 12.3. The number of rotatable bonds is 8. The van der Waals surface area contributed by atoms with Gasteiger partial charge in [-0.05, 0) is 44.7 Å². The van der Waals surface area contributed by atoms with Gasteiger partial charge in [0.2, 0.25) is 0 Å². The van der Waals surface area contributed by atoms with E-state index in [9.17, 15) is 4.79 Å². The van der Waals surface area contributed by atoms with Crippen molar-refractivity contribution in [2.75, 3.05) is 39.5 Å². The molecule has 0 atom stereocenters. The van der Waals surface area contributed by atoms with Gasteiger partial charge in [0, 0.05) is 26.3 Å². The van der Waals surface area contributed by atoms with E-state index < -0.39 is 0 Å². The average molecular weight is 321 g/mol. The fourth-order valence-corrected chi connectivity index (χ4v) is 2.71. The second-order valence-electron chi connectivity index (χ2n) is 5.65. The smallest absolute Gasteiger partial charge is 0.260 e. The van der Waals surface area contributed by atoms with Crippen LogP contribution < -0.4 is 9.47 Å². The third-order valence-corrected chi connectivity index (χ3v) is 4.03. The lowest BCUT2D eigenvalue weighted by molar-refractivity contribution is -0.135. The van der Waals surface area contributed by atoms with E-state index in [2.05, 4.69) is 0 Å². The lowest BCUT2D eigenvalue weighted by atomic mass is 9.98. The first kappa shape index (κ1) is 17.6. The third-order valence-electron chi connectivity index (χ3n) is 4.03. The maximum absolute atomic E-state index is 12.3. The Morgan fingerprint density at radius 2 is 1.74 bits per heavy atom. The predicted molar refractivity (Wildman–Crippen MR) is 88.9 cm³/mol. The number of hydrogen-bond donors (Lipinski definition) is 0. The zero-order chi connectivity index (χ0) is 16.5. The highest BCUT2D eigenvalue weighted by Crippen LogP contribution is 2.26. The molecule has 1 aliphatic heterocycles. The number of amides is 1. The van der Waals surface area contributed by atoms with Crippen LogP contribution in [0.5, 0.6) is 11.5 Å². The van der Waals surface area contributed by atoms with E-state index in [4.69, 9.17) is 14.2 Å². The zero-order valence-corrected chi connectivity index (χ0v) is 14.1. The van der Waals surface area contributed by atoms with Crippen molar-refractivity contribution in [2.24, 2.45) is 5.92 Å². The highest BCUT2D eigenvalue weighted by atomic mass is 16.5. The van der Waals surface area contributed by atoms with Gasteiger partial charge in [0.05, 0.1) is 6.61 Å². The van der Waals surface area contributed by atoms with Crippen LogP contribution in [-0.4, -0.2) is 50.3 Å². The van der Waals surface area contributed by atoms with Gasteiger partial charge in [0.25, 0.3) is 5.91 Å². The number of piperidine rings is 1. The predicted octanol–water partition coefficient (Wildman–Crippen LogP) is 2.74. The van der Waals surface area contributed by atoms with Crippen molar-refractivity contribution in [3.63, 3.8) is 0 Å². The molecular weight excluding hydrogens is 294 g/mol. The highest BCUT2D eigenvalue weighted by Gasteiger charge is 2.23. The Morgan fingerprint density at radius 1 is 1.09 bits per heavy atom. The molecule has 1 aliphatic rings. The van der Waals surface area contributed by atoms with Gasteiger partial charge in [-0.25, -0.2) is 0 Å². The molecule has 1 heterocycles. The first-order valence-corrected chi connectivity index (χ1v) is 8.44. The third kappa shape index (κ3) is 5.43. The summed E-state index contributed by atoms with van der Waals surface area (Å²) in [5, 5.41) is 0. The van der Waals surface area contributed by atoms with Gasteiger partial charge in [-0.3, -0.25) is 4.79 Å². The van der Waals surface area contributed by atoms with Gasteiger partial charge in [-0.2, -0.15) is 0 Å². The Balaban J connectivity index is 1.77. The van der Waals surface area contributed by atoms with Gasteiger partial charge < -0.3 is 19.1 Å². The molecule has 0 radical (unpaired) electrons. The monoisotopic (exact) mass is 321 g/mol. The van der Waals surface area contributed by atoms with Crippen LogP contribution in [0.4, 0.5) is 0 Å². The molecule has 1 saturated heterocycles. The van der Waals surface area contributed by atoms with Crippen LogP contribution in [0, 0.1) is 5.92 Å². The van der Waals surface area contributed by atoms with Gasteiger partial charge in [0.15, 0.2) is 18.1 Å². The number of benzene rings is 1. The second kappa shape index (κ2) is 9.40. The van der Waals surface area contributed by atoms with Crippen molar-refractivity contribution >= 4 is 5.91 Å². The molecule has 0 unspecified atom stereocenters. The Kier molecular flexibility index (Phi) is 7.20. The van der Waals surface area contributed by atoms with E-state index in [1.165, 1.54) is 0 Å². The average Bonchev–Trinajstić information content (AvgIpc) is 2.59. The Morgan fingerprint density at radius 3 is 2.35 bits per heavy atom. The molecule has 1 aromatic carbocycles. The highest BCUT2D eigenvalue weighted by molar-refractivity contribution is 5.78. The fourth-order valence-electron chi connectivity index (χ4n) is 2.71. The van der Waals surface area contributed by atoms with E-state index in [0.717, 1.165) is 39.1 Å². The maximum Gasteiger partial charge on any atom is 0.260 e. The topological polar surface area (TPSA) is 48.0 Å². The molecule has 0 N–H and O–H groups in total. The van der Waals surface area contributed by atoms with Crippen molar-refractivity contribution in [3.05, 3.63) is 24.3 Å². The van der Waals surface area contributed by atoms with E-state index in [-0.39, 0.29) is 12.5 Å². The van der Waals surface area contributed by atoms with Crippen LogP contribution in [0.2, 0.25) is 0 Å². The molecular formula is C18H27NO4. The minimum absolute atomic E-state index is 0.0335. The molecule has 0 bridgehead atoms. The lowest BCUT2D eigenvalue weighted by Crippen LogP contribution is -2.41. The molecule has 128 valence electrons. The molecule has 2 rings (SSSR count). The molecule has 1 fully saturated rings. The molecule has 5 nitrogen and oxygen atoms in total. The van der Waals surface area contributed by atoms with Gasteiger partial charge in [-0.1, -0.05) is 12.1 Å². The van der Waals surface area contributed by atoms with Crippen LogP contribution in [0.25, 0.3) is 0 Å². The van der Waals surface area contributed by atoms with Crippen LogP contribution >= 0.6 is 0 Å². The SMILES string of the molecule is CCOCC1CCN(C(=O)COc2ccccc2OCC)CC1. The normalized spacial score (nSPS) is 15.5. The largest absolute Gasteiger partial charge is 0.490 e. The van der Waals surface area contributed by atoms with Crippen molar-refractivity contribution in [1.29, 1.82) is 0 Å². The van der Waals surface area contributed by atoms with Gasteiger partial charge in [-0.15, -0.1) is 0 Å². The molecule has 5 heteroatoms. The summed E-state index contributed by atoms with van der Waals surface area (Å²) in [6.07, 6.45) is 2.00. The number of nitrogens with zero attached hydrogens (tertiary/aromatic N) is 1. The quantitative estimate of drug-likeness (QED) is 0.739. The van der Waals surface area contributed by atoms with Crippen LogP contribution in [-0.2, 0) is 9.53 Å². The molecule has 1 amide bonds. The fraction of sp³-hybridized carbons (Fsp3) is 0.611. The first-order valence-electron chi connectivity index (χ1n) is 8.44. The number of carbonyl (C=O) groups is 1. The van der Waals surface area contributed by atoms with E-state index in [1.807, 2.05) is 43.0 Å². The van der Waals surface area contributed by atoms with Crippen molar-refractivity contribution in [2.45, 2.75) is 26.7 Å². The minimum Gasteiger partial charge on any atom is -0.490 e. The number of ether oxygens (including phenoxy) is 3. The number of hydrogen-bond acceptors (Lipinski definition) is 4. The van der Waals surface area contributed by atoms with Gasteiger partial charge in [0.1, 0.15) is 0 Å². The Labute approximate surface area is 138 Å². The molecule has 1 aromatic rings. The van der Waals surface area contributed by atoms with Crippen LogP contribution in [0.15, 0.2) is 24.3 Å². The van der Waals surface area contributed by atoms with Gasteiger partial charge >= 0.3 is 0 Å². The number of para-hydroxylation sites is 2. The first-order chi connectivity index (χ1) is 11.2. The van der Waals surface area contributed by atoms with Crippen LogP contribution in [0.1, 0.15) is 26.7 Å². The summed E-state index contributed by atoms with van der Waals surface area (Å²) < 4.78 is 16.6. The molecule has 0 aliphatic carbocycles. The summed E-state index contributed by atoms with van der Waals surface area (Å²) in [4.78, 5) is 14.2. The molecule has 0 aromatic heterocycles. The second-order valence-corrected chi connectivity index (χ2v) is 5.65. The standard InChI is InChI=1S/C18H27NO4/c1-3-21-13-15-9-11-19(12-10-15)18(20)14-23-17-8-6-5-7-16(17)22-4-2/h5-8,15H,3-4,9-14H2,1-2H3. The molecule has 0 spiro atoms. The van der Waals surface area contributed by atoms with Crippen molar-refractivity contribution < 1.29 is 19.0 Å². The summed E-state index contributed by atoms with van der Waals surface area (Å²) in [5.41, 5.74) is 0. The zero-order valence-electron chi connectivity index (χ0n) is 14.1. The van der Waals surface area contributed by atoms with E-state index >= 15 is 0 Å². The summed E-state index contributed by atoms with van der Waals surface area (Å²) in [7, 11) is 0. The summed E-state index contributed by atoms with van der Waals surface area (Å²) >= 11 is 0. The van der Waals surface area contributed by atoms with E-state index in [0.29, 0.717) is 24.0 Å². The van der Waals surface area contributed by atoms with Crippen molar-refractivity contribution in [1.82, 2.24) is 4.90 Å². The Hall–Kier alpha value is -1.75. The molecule has 0 saturated carbocycles. The van der Waals surface area contributed by atoms with E-state index in [1.54, 1.807) is 0 Å². The summed E-state index contributed by atoms with van der Waals surface area (Å²) in [6, 6.07) is 7.44. The summed E-state index contributed by atoms with van der Waals surface area (Å²) in [5.74, 6) is 1.90. The van der Waals surface area contributed by atoms with Crippen LogP contribution in [0.3, 0.4) is 0 Å². The Bertz CT molecular complexity index is 484. The van der Waals surface area contributed by atoms with Crippen molar-refractivity contribution in [3.8, 4) is 11.5 Å².